The fourth-order valence-electron chi connectivity index (χ4n) is 3.31. The Morgan fingerprint density at radius 3 is 2.42 bits per heavy atom. The quantitative estimate of drug-likeness (QED) is 0.619. The summed E-state index contributed by atoms with van der Waals surface area (Å²) in [7, 11) is 1.64. The van der Waals surface area contributed by atoms with Crippen LogP contribution in [-0.4, -0.2) is 30.6 Å². The number of nitrogens with zero attached hydrogens (tertiary/aromatic N) is 1. The van der Waals surface area contributed by atoms with Crippen molar-refractivity contribution in [2.45, 2.75) is 39.8 Å². The second-order valence-corrected chi connectivity index (χ2v) is 8.10. The smallest absolute Gasteiger partial charge is 0.338 e. The topological polar surface area (TPSA) is 67.9 Å². The molecule has 1 heterocycles. The summed E-state index contributed by atoms with van der Waals surface area (Å²) in [4.78, 5) is 26.7. The van der Waals surface area contributed by atoms with Crippen LogP contribution in [0.5, 0.6) is 5.75 Å². The molecule has 31 heavy (non-hydrogen) atoms. The van der Waals surface area contributed by atoms with Gasteiger partial charge in [-0.3, -0.25) is 0 Å². The zero-order chi connectivity index (χ0) is 22.4. The van der Waals surface area contributed by atoms with E-state index in [4.69, 9.17) is 9.47 Å². The zero-order valence-corrected chi connectivity index (χ0v) is 18.6. The highest BCUT2D eigenvalue weighted by Gasteiger charge is 2.35. The number of carbonyl (C=O) groups is 2. The average molecular weight is 423 g/mol. The molecule has 0 bridgehead atoms. The first-order chi connectivity index (χ1) is 14.9. The van der Waals surface area contributed by atoms with Crippen LogP contribution < -0.4 is 10.1 Å². The molecule has 2 aromatic rings. The molecule has 1 N–H and O–H groups in total. The van der Waals surface area contributed by atoms with Gasteiger partial charge in [0.2, 0.25) is 0 Å². The molecule has 0 aliphatic carbocycles. The summed E-state index contributed by atoms with van der Waals surface area (Å²) in [5.74, 6) is 0.754. The van der Waals surface area contributed by atoms with Crippen molar-refractivity contribution in [3.8, 4) is 5.75 Å². The van der Waals surface area contributed by atoms with Crippen molar-refractivity contribution in [2.75, 3.05) is 13.7 Å². The second-order valence-electron chi connectivity index (χ2n) is 8.10. The molecule has 0 spiro atoms. The third-order valence-electron chi connectivity index (χ3n) is 5.36. The van der Waals surface area contributed by atoms with Crippen LogP contribution in [0.25, 0.3) is 0 Å². The lowest BCUT2D eigenvalue weighted by Crippen LogP contribution is -2.46. The van der Waals surface area contributed by atoms with Crippen molar-refractivity contribution >= 4 is 12.0 Å². The number of benzene rings is 2. The van der Waals surface area contributed by atoms with Gasteiger partial charge in [-0.25, -0.2) is 9.59 Å². The van der Waals surface area contributed by atoms with Gasteiger partial charge in [0, 0.05) is 12.7 Å². The minimum atomic E-state index is -0.571. The molecule has 2 amide bonds. The molecule has 1 aliphatic rings. The Hall–Kier alpha value is -3.28. The molecular weight excluding hydrogens is 392 g/mol. The van der Waals surface area contributed by atoms with Crippen LogP contribution in [0, 0.1) is 5.92 Å². The number of ether oxygens (including phenoxy) is 2. The first kappa shape index (κ1) is 22.4. The minimum absolute atomic E-state index is 0.259. The highest BCUT2D eigenvalue weighted by molar-refractivity contribution is 5.95. The maximum Gasteiger partial charge on any atom is 0.338 e. The number of amides is 2. The van der Waals surface area contributed by atoms with Crippen molar-refractivity contribution in [3.05, 3.63) is 77.0 Å². The van der Waals surface area contributed by atoms with Gasteiger partial charge in [0.05, 0.1) is 18.2 Å². The van der Waals surface area contributed by atoms with Crippen molar-refractivity contribution in [1.29, 1.82) is 0 Å². The summed E-state index contributed by atoms with van der Waals surface area (Å²) >= 11 is 0. The van der Waals surface area contributed by atoms with Crippen molar-refractivity contribution in [3.63, 3.8) is 0 Å². The first-order valence-electron chi connectivity index (χ1n) is 10.6. The molecule has 0 saturated carbocycles. The molecule has 6 heteroatoms. The standard InChI is InChI=1S/C25H30N2O4/c1-17(2)14-15-30-24(28)22-18(3)27(4)25(29)26-23(22)20-10-12-21(13-11-20)31-16-19-8-6-5-7-9-19/h5-13,17,23H,14-16H2,1-4H3,(H,26,29). The molecule has 164 valence electrons. The van der Waals surface area contributed by atoms with Crippen LogP contribution in [0.4, 0.5) is 4.79 Å². The van der Waals surface area contributed by atoms with Gasteiger partial charge in [-0.05, 0) is 42.5 Å². The Kier molecular flexibility index (Phi) is 7.34. The van der Waals surface area contributed by atoms with Crippen LogP contribution >= 0.6 is 0 Å². The van der Waals surface area contributed by atoms with E-state index in [1.54, 1.807) is 14.0 Å². The van der Waals surface area contributed by atoms with Crippen molar-refractivity contribution in [2.24, 2.45) is 5.92 Å². The number of nitrogens with one attached hydrogen (secondary N) is 1. The monoisotopic (exact) mass is 422 g/mol. The van der Waals surface area contributed by atoms with E-state index in [1.807, 2.05) is 54.6 Å². The highest BCUT2D eigenvalue weighted by atomic mass is 16.5. The predicted octanol–water partition coefficient (Wildman–Crippen LogP) is 4.83. The summed E-state index contributed by atoms with van der Waals surface area (Å²) in [6, 6.07) is 16.5. The summed E-state index contributed by atoms with van der Waals surface area (Å²) in [6.07, 6.45) is 0.790. The van der Waals surface area contributed by atoms with Crippen LogP contribution in [0.15, 0.2) is 65.9 Å². The minimum Gasteiger partial charge on any atom is -0.489 e. The second kappa shape index (κ2) is 10.2. The van der Waals surface area contributed by atoms with Gasteiger partial charge in [0.25, 0.3) is 0 Å². The third-order valence-corrected chi connectivity index (χ3v) is 5.36. The van der Waals surface area contributed by atoms with E-state index in [9.17, 15) is 9.59 Å². The molecule has 1 atom stereocenters. The molecule has 1 aliphatic heterocycles. The number of esters is 1. The Morgan fingerprint density at radius 1 is 1.10 bits per heavy atom. The Bertz CT molecular complexity index is 936. The molecule has 0 saturated heterocycles. The van der Waals surface area contributed by atoms with E-state index in [0.29, 0.717) is 36.2 Å². The molecule has 2 aromatic carbocycles. The van der Waals surface area contributed by atoms with Gasteiger partial charge in [-0.1, -0.05) is 56.3 Å². The third kappa shape index (κ3) is 5.66. The number of carbonyl (C=O) groups excluding carboxylic acids is 2. The SMILES string of the molecule is CC1=C(C(=O)OCCC(C)C)C(c2ccc(OCc3ccccc3)cc2)NC(=O)N1C. The van der Waals surface area contributed by atoms with Crippen LogP contribution in [-0.2, 0) is 16.1 Å². The largest absolute Gasteiger partial charge is 0.489 e. The Morgan fingerprint density at radius 2 is 1.77 bits per heavy atom. The summed E-state index contributed by atoms with van der Waals surface area (Å²) in [6.45, 7) is 6.75. The number of rotatable bonds is 8. The number of urea groups is 1. The van der Waals surface area contributed by atoms with Crippen LogP contribution in [0.2, 0.25) is 0 Å². The summed E-state index contributed by atoms with van der Waals surface area (Å²) < 4.78 is 11.4. The maximum atomic E-state index is 12.9. The van der Waals surface area contributed by atoms with Gasteiger partial charge in [-0.2, -0.15) is 0 Å². The average Bonchev–Trinajstić information content (AvgIpc) is 2.76. The fourth-order valence-corrected chi connectivity index (χ4v) is 3.31. The van der Waals surface area contributed by atoms with Gasteiger partial charge >= 0.3 is 12.0 Å². The zero-order valence-electron chi connectivity index (χ0n) is 18.6. The Balaban J connectivity index is 1.76. The number of allylic oxidation sites excluding steroid dienone is 1. The fraction of sp³-hybridized carbons (Fsp3) is 0.360. The van der Waals surface area contributed by atoms with E-state index in [2.05, 4.69) is 19.2 Å². The van der Waals surface area contributed by atoms with Gasteiger partial charge in [0.1, 0.15) is 12.4 Å². The van der Waals surface area contributed by atoms with E-state index in [1.165, 1.54) is 4.90 Å². The van der Waals surface area contributed by atoms with Gasteiger partial charge in [-0.15, -0.1) is 0 Å². The van der Waals surface area contributed by atoms with E-state index in [0.717, 1.165) is 17.5 Å². The predicted molar refractivity (Wildman–Crippen MR) is 119 cm³/mol. The molecule has 3 rings (SSSR count). The number of hydrogen-bond donors (Lipinski definition) is 1. The lowest BCUT2D eigenvalue weighted by atomic mass is 9.95. The van der Waals surface area contributed by atoms with Crippen molar-refractivity contribution in [1.82, 2.24) is 10.2 Å². The lowest BCUT2D eigenvalue weighted by molar-refractivity contribution is -0.140. The lowest BCUT2D eigenvalue weighted by Gasteiger charge is -2.33. The first-order valence-corrected chi connectivity index (χ1v) is 10.6. The van der Waals surface area contributed by atoms with E-state index in [-0.39, 0.29) is 6.03 Å². The molecule has 6 nitrogen and oxygen atoms in total. The molecule has 1 unspecified atom stereocenters. The Labute approximate surface area is 183 Å². The van der Waals surface area contributed by atoms with Crippen LogP contribution in [0.1, 0.15) is 44.4 Å². The van der Waals surface area contributed by atoms with Crippen molar-refractivity contribution < 1.29 is 19.1 Å². The normalized spacial score (nSPS) is 16.4. The maximum absolute atomic E-state index is 12.9. The van der Waals surface area contributed by atoms with E-state index >= 15 is 0 Å². The summed E-state index contributed by atoms with van der Waals surface area (Å²) in [5.41, 5.74) is 2.92. The molecule has 0 radical (unpaired) electrons. The molecular formula is C25H30N2O4. The molecule has 0 fully saturated rings. The number of hydrogen-bond acceptors (Lipinski definition) is 4. The van der Waals surface area contributed by atoms with Gasteiger partial charge in [0.15, 0.2) is 0 Å². The molecule has 0 aromatic heterocycles. The van der Waals surface area contributed by atoms with Gasteiger partial charge < -0.3 is 19.7 Å². The van der Waals surface area contributed by atoms with E-state index < -0.39 is 12.0 Å². The van der Waals surface area contributed by atoms with Crippen LogP contribution in [0.3, 0.4) is 0 Å². The highest BCUT2D eigenvalue weighted by Crippen LogP contribution is 2.31. The summed E-state index contributed by atoms with van der Waals surface area (Å²) in [5, 5.41) is 2.91.